The van der Waals surface area contributed by atoms with E-state index >= 15 is 0 Å². The highest BCUT2D eigenvalue weighted by Crippen LogP contribution is 2.24. The van der Waals surface area contributed by atoms with E-state index < -0.39 is 5.91 Å². The van der Waals surface area contributed by atoms with Gasteiger partial charge in [-0.25, -0.2) is 14.5 Å². The molecule has 4 aromatic rings. The number of fused-ring (bicyclic) bond motifs is 1. The first kappa shape index (κ1) is 15.7. The summed E-state index contributed by atoms with van der Waals surface area (Å²) in [6.07, 6.45) is 4.93. The van der Waals surface area contributed by atoms with Crippen molar-refractivity contribution in [2.75, 3.05) is 5.32 Å². The lowest BCUT2D eigenvalue weighted by atomic mass is 10.3. The van der Waals surface area contributed by atoms with Gasteiger partial charge in [0.1, 0.15) is 11.2 Å². The number of hydrogen-bond donors (Lipinski definition) is 2. The van der Waals surface area contributed by atoms with Crippen molar-refractivity contribution in [2.24, 2.45) is 5.73 Å². The number of nitrogens with zero attached hydrogens (tertiary/aromatic N) is 5. The highest BCUT2D eigenvalue weighted by atomic mass is 16.1. The van der Waals surface area contributed by atoms with Gasteiger partial charge in [0.2, 0.25) is 11.7 Å². The summed E-state index contributed by atoms with van der Waals surface area (Å²) in [6.45, 7) is 1.90. The Morgan fingerprint density at radius 3 is 2.69 bits per heavy atom. The number of rotatable bonds is 4. The highest BCUT2D eigenvalue weighted by Gasteiger charge is 2.14. The van der Waals surface area contributed by atoms with Gasteiger partial charge in [-0.05, 0) is 37.3 Å². The Balaban J connectivity index is 1.90. The summed E-state index contributed by atoms with van der Waals surface area (Å²) in [7, 11) is 0. The van der Waals surface area contributed by atoms with Gasteiger partial charge in [-0.2, -0.15) is 0 Å². The average molecular weight is 345 g/mol. The first-order valence-corrected chi connectivity index (χ1v) is 7.91. The highest BCUT2D eigenvalue weighted by molar-refractivity contribution is 5.95. The molecular weight excluding hydrogens is 330 g/mol. The number of aryl methyl sites for hydroxylation is 1. The number of aromatic nitrogens is 5. The van der Waals surface area contributed by atoms with E-state index in [2.05, 4.69) is 25.4 Å². The second-order valence-electron chi connectivity index (χ2n) is 5.73. The molecule has 1 amide bonds. The third-order valence-electron chi connectivity index (χ3n) is 3.81. The van der Waals surface area contributed by atoms with E-state index in [1.807, 2.05) is 37.3 Å². The Labute approximate surface area is 148 Å². The lowest BCUT2D eigenvalue weighted by Crippen LogP contribution is -2.09. The number of primary amides is 1. The normalized spacial score (nSPS) is 10.8. The molecule has 4 heterocycles. The van der Waals surface area contributed by atoms with Crippen molar-refractivity contribution in [3.05, 3.63) is 66.2 Å². The van der Waals surface area contributed by atoms with Crippen LogP contribution in [0.4, 0.5) is 11.5 Å². The van der Waals surface area contributed by atoms with Crippen molar-refractivity contribution in [1.82, 2.24) is 24.6 Å². The number of carbonyl (C=O) groups is 1. The quantitative estimate of drug-likeness (QED) is 0.587. The van der Waals surface area contributed by atoms with E-state index in [9.17, 15) is 4.79 Å². The van der Waals surface area contributed by atoms with Crippen LogP contribution in [0.15, 0.2) is 55.0 Å². The number of carbonyl (C=O) groups excluding carboxylic acids is 1. The van der Waals surface area contributed by atoms with Crippen LogP contribution in [0.3, 0.4) is 0 Å². The molecule has 0 saturated carbocycles. The summed E-state index contributed by atoms with van der Waals surface area (Å²) in [5, 5.41) is 7.71. The van der Waals surface area contributed by atoms with E-state index in [0.29, 0.717) is 28.4 Å². The Morgan fingerprint density at radius 2 is 1.96 bits per heavy atom. The van der Waals surface area contributed by atoms with Gasteiger partial charge in [-0.15, -0.1) is 5.10 Å². The average Bonchev–Trinajstić information content (AvgIpc) is 3.07. The van der Waals surface area contributed by atoms with E-state index in [-0.39, 0.29) is 0 Å². The molecular formula is C18H15N7O. The number of pyridine rings is 2. The van der Waals surface area contributed by atoms with Crippen molar-refractivity contribution in [3.8, 4) is 11.5 Å². The topological polar surface area (TPSA) is 111 Å². The second-order valence-corrected chi connectivity index (χ2v) is 5.73. The molecule has 0 aliphatic carbocycles. The minimum atomic E-state index is -0.527. The van der Waals surface area contributed by atoms with E-state index in [1.54, 1.807) is 29.2 Å². The van der Waals surface area contributed by atoms with Gasteiger partial charge >= 0.3 is 0 Å². The predicted octanol–water partition coefficient (Wildman–Crippen LogP) is 2.34. The summed E-state index contributed by atoms with van der Waals surface area (Å²) in [4.78, 5) is 24.6. The standard InChI is InChI=1S/C18H15N7O/c1-11-3-2-4-14(21-11)17-23-18(22-13-5-7-20-8-6-13)15-9-12(16(19)26)10-25(15)24-17/h2-10H,1H3,(H2,19,26)(H,20,22,23,24). The summed E-state index contributed by atoms with van der Waals surface area (Å²) in [5.41, 5.74) is 8.70. The van der Waals surface area contributed by atoms with E-state index in [1.165, 1.54) is 0 Å². The minimum Gasteiger partial charge on any atom is -0.366 e. The van der Waals surface area contributed by atoms with Gasteiger partial charge in [0.05, 0.1) is 5.56 Å². The van der Waals surface area contributed by atoms with Crippen molar-refractivity contribution >= 4 is 22.9 Å². The molecule has 0 aliphatic heterocycles. The molecule has 4 aromatic heterocycles. The van der Waals surface area contributed by atoms with E-state index in [0.717, 1.165) is 11.4 Å². The molecule has 0 aromatic carbocycles. The molecule has 0 saturated heterocycles. The first-order chi connectivity index (χ1) is 12.6. The van der Waals surface area contributed by atoms with Crippen molar-refractivity contribution in [1.29, 1.82) is 0 Å². The van der Waals surface area contributed by atoms with Crippen LogP contribution in [-0.2, 0) is 0 Å². The number of amides is 1. The molecule has 0 radical (unpaired) electrons. The monoisotopic (exact) mass is 345 g/mol. The maximum Gasteiger partial charge on any atom is 0.250 e. The molecule has 0 unspecified atom stereocenters. The fourth-order valence-electron chi connectivity index (χ4n) is 2.57. The smallest absolute Gasteiger partial charge is 0.250 e. The van der Waals surface area contributed by atoms with Gasteiger partial charge in [0, 0.05) is 30.0 Å². The molecule has 8 nitrogen and oxygen atoms in total. The van der Waals surface area contributed by atoms with Crippen LogP contribution in [-0.4, -0.2) is 30.5 Å². The molecule has 8 heteroatoms. The summed E-state index contributed by atoms with van der Waals surface area (Å²) in [6, 6.07) is 10.9. The molecule has 0 fully saturated rings. The van der Waals surface area contributed by atoms with Gasteiger partial charge in [-0.3, -0.25) is 9.78 Å². The predicted molar refractivity (Wildman–Crippen MR) is 97.0 cm³/mol. The molecule has 4 rings (SSSR count). The van der Waals surface area contributed by atoms with Crippen LogP contribution < -0.4 is 11.1 Å². The van der Waals surface area contributed by atoms with Gasteiger partial charge in [0.25, 0.3) is 0 Å². The summed E-state index contributed by atoms with van der Waals surface area (Å²) in [5.74, 6) is 0.446. The largest absolute Gasteiger partial charge is 0.366 e. The lowest BCUT2D eigenvalue weighted by molar-refractivity contribution is 0.100. The maximum absolute atomic E-state index is 11.6. The summed E-state index contributed by atoms with van der Waals surface area (Å²) < 4.78 is 1.58. The van der Waals surface area contributed by atoms with Crippen molar-refractivity contribution < 1.29 is 4.79 Å². The third-order valence-corrected chi connectivity index (χ3v) is 3.81. The Kier molecular flexibility index (Phi) is 3.77. The molecule has 0 bridgehead atoms. The van der Waals surface area contributed by atoms with Crippen LogP contribution >= 0.6 is 0 Å². The number of nitrogens with two attached hydrogens (primary N) is 1. The Bertz CT molecular complexity index is 1110. The fraction of sp³-hybridized carbons (Fsp3) is 0.0556. The molecule has 128 valence electrons. The zero-order valence-corrected chi connectivity index (χ0v) is 13.9. The van der Waals surface area contributed by atoms with Gasteiger partial charge in [0.15, 0.2) is 5.82 Å². The third kappa shape index (κ3) is 2.95. The molecule has 26 heavy (non-hydrogen) atoms. The van der Waals surface area contributed by atoms with Crippen LogP contribution in [0.25, 0.3) is 17.0 Å². The minimum absolute atomic E-state index is 0.353. The molecule has 0 aliphatic rings. The van der Waals surface area contributed by atoms with Gasteiger partial charge in [-0.1, -0.05) is 6.07 Å². The van der Waals surface area contributed by atoms with Crippen LogP contribution in [0.1, 0.15) is 16.1 Å². The lowest BCUT2D eigenvalue weighted by Gasteiger charge is -2.09. The van der Waals surface area contributed by atoms with Crippen molar-refractivity contribution in [3.63, 3.8) is 0 Å². The fourth-order valence-corrected chi connectivity index (χ4v) is 2.57. The number of hydrogen-bond acceptors (Lipinski definition) is 6. The zero-order valence-electron chi connectivity index (χ0n) is 13.9. The Morgan fingerprint density at radius 1 is 1.15 bits per heavy atom. The van der Waals surface area contributed by atoms with Crippen LogP contribution in [0, 0.1) is 6.92 Å². The van der Waals surface area contributed by atoms with Crippen LogP contribution in [0.2, 0.25) is 0 Å². The zero-order chi connectivity index (χ0) is 18.1. The van der Waals surface area contributed by atoms with E-state index in [4.69, 9.17) is 5.73 Å². The SMILES string of the molecule is Cc1cccc(-c2nc(Nc3ccncc3)c3cc(C(N)=O)cn3n2)n1. The number of nitrogens with one attached hydrogen (secondary N) is 1. The summed E-state index contributed by atoms with van der Waals surface area (Å²) >= 11 is 0. The first-order valence-electron chi connectivity index (χ1n) is 7.91. The molecule has 0 spiro atoms. The van der Waals surface area contributed by atoms with Crippen molar-refractivity contribution in [2.45, 2.75) is 6.92 Å². The van der Waals surface area contributed by atoms with Crippen LogP contribution in [0.5, 0.6) is 0 Å². The Hall–Kier alpha value is -3.81. The number of anilines is 2. The second kappa shape index (κ2) is 6.25. The molecule has 3 N–H and O–H groups in total. The maximum atomic E-state index is 11.6. The molecule has 0 atom stereocenters. The van der Waals surface area contributed by atoms with Gasteiger partial charge < -0.3 is 11.1 Å².